The van der Waals surface area contributed by atoms with Crippen LogP contribution in [0.1, 0.15) is 29.2 Å². The molecular weight excluding hydrogens is 366 g/mol. The lowest BCUT2D eigenvalue weighted by Crippen LogP contribution is -2.21. The maximum Gasteiger partial charge on any atom is 0.305 e. The minimum Gasteiger partial charge on any atom is -0.506 e. The van der Waals surface area contributed by atoms with Crippen LogP contribution in [0.4, 0.5) is 0 Å². The van der Waals surface area contributed by atoms with Crippen LogP contribution in [-0.4, -0.2) is 27.6 Å². The molecule has 3 aromatic rings. The summed E-state index contributed by atoms with van der Waals surface area (Å²) in [7, 11) is 0. The van der Waals surface area contributed by atoms with Crippen LogP contribution in [0.25, 0.3) is 10.2 Å². The van der Waals surface area contributed by atoms with Gasteiger partial charge in [0.05, 0.1) is 10.8 Å². The van der Waals surface area contributed by atoms with E-state index in [4.69, 9.17) is 5.73 Å². The highest BCUT2D eigenvalue weighted by molar-refractivity contribution is 7.16. The number of aliphatic hydroxyl groups excluding tert-OH is 1. The molecule has 1 atom stereocenters. The molecule has 0 saturated heterocycles. The number of phenolic OH excluding ortho intramolecular Hbond substituents is 1. The zero-order chi connectivity index (χ0) is 19.4. The summed E-state index contributed by atoms with van der Waals surface area (Å²) in [5, 5.41) is 23.5. The number of H-pyrrole nitrogens is 1. The lowest BCUT2D eigenvalue weighted by Gasteiger charge is -2.13. The summed E-state index contributed by atoms with van der Waals surface area (Å²) in [5.74, 6) is -0.325. The third kappa shape index (κ3) is 4.73. The Morgan fingerprint density at radius 1 is 1.19 bits per heavy atom. The lowest BCUT2D eigenvalue weighted by molar-refractivity contribution is -0.117. The van der Waals surface area contributed by atoms with Crippen molar-refractivity contribution in [2.75, 3.05) is 6.54 Å². The molecule has 0 spiro atoms. The number of hydrogen-bond donors (Lipinski definition) is 5. The summed E-state index contributed by atoms with van der Waals surface area (Å²) in [5.41, 5.74) is 8.20. The Hall–Kier alpha value is -2.68. The number of aliphatic hydroxyl groups is 1. The van der Waals surface area contributed by atoms with E-state index >= 15 is 0 Å². The van der Waals surface area contributed by atoms with E-state index in [0.717, 1.165) is 22.5 Å². The molecule has 0 aliphatic carbocycles. The fraction of sp³-hybridized carbons (Fsp3) is 0.263. The van der Waals surface area contributed by atoms with Gasteiger partial charge in [0.25, 0.3) is 0 Å². The van der Waals surface area contributed by atoms with Gasteiger partial charge in [-0.05, 0) is 23.6 Å². The number of primary amides is 1. The molecule has 142 valence electrons. The molecule has 8 heteroatoms. The molecule has 3 rings (SSSR count). The molecule has 1 aromatic heterocycles. The Morgan fingerprint density at radius 3 is 2.59 bits per heavy atom. The standard InChI is InChI=1S/C19H21N3O4S/c20-16(25)8-5-11-1-3-12(4-2-11)9-21-10-15(24)13-6-7-14(23)17-18(13)27-19(26)22-17/h1-4,6-7,15,21,23-24H,5,8-10H2,(H2,20,25)(H,22,26)/t15-/m1/s1. The van der Waals surface area contributed by atoms with Crippen molar-refractivity contribution in [2.45, 2.75) is 25.5 Å². The van der Waals surface area contributed by atoms with E-state index in [1.165, 1.54) is 6.07 Å². The number of aryl methyl sites for hydroxylation is 1. The van der Waals surface area contributed by atoms with E-state index in [2.05, 4.69) is 10.3 Å². The first-order chi connectivity index (χ1) is 12.9. The highest BCUT2D eigenvalue weighted by atomic mass is 32.1. The van der Waals surface area contributed by atoms with Crippen LogP contribution in [0, 0.1) is 0 Å². The highest BCUT2D eigenvalue weighted by Gasteiger charge is 2.15. The number of benzene rings is 2. The number of aromatic hydroxyl groups is 1. The van der Waals surface area contributed by atoms with Crippen LogP contribution in [0.5, 0.6) is 5.75 Å². The zero-order valence-corrected chi connectivity index (χ0v) is 15.4. The van der Waals surface area contributed by atoms with Gasteiger partial charge in [-0.15, -0.1) is 0 Å². The van der Waals surface area contributed by atoms with Gasteiger partial charge in [0.1, 0.15) is 11.3 Å². The van der Waals surface area contributed by atoms with Crippen molar-refractivity contribution < 1.29 is 15.0 Å². The number of thiazole rings is 1. The number of carbonyl (C=O) groups is 1. The van der Waals surface area contributed by atoms with E-state index in [0.29, 0.717) is 41.7 Å². The molecule has 7 nitrogen and oxygen atoms in total. The smallest absolute Gasteiger partial charge is 0.305 e. The van der Waals surface area contributed by atoms with Crippen molar-refractivity contribution in [3.8, 4) is 5.75 Å². The minimum absolute atomic E-state index is 0.0105. The number of aromatic nitrogens is 1. The molecule has 0 aliphatic heterocycles. The summed E-state index contributed by atoms with van der Waals surface area (Å²) in [6, 6.07) is 10.9. The quantitative estimate of drug-likeness (QED) is 0.400. The molecular formula is C19H21N3O4S. The number of amides is 1. The summed E-state index contributed by atoms with van der Waals surface area (Å²) in [4.78, 5) is 24.7. The van der Waals surface area contributed by atoms with E-state index in [1.807, 2.05) is 24.3 Å². The number of fused-ring (bicyclic) bond motifs is 1. The molecule has 1 heterocycles. The molecule has 0 bridgehead atoms. The Labute approximate surface area is 159 Å². The van der Waals surface area contributed by atoms with E-state index in [1.54, 1.807) is 6.07 Å². The van der Waals surface area contributed by atoms with Crippen LogP contribution >= 0.6 is 11.3 Å². The highest BCUT2D eigenvalue weighted by Crippen LogP contribution is 2.31. The van der Waals surface area contributed by atoms with Crippen LogP contribution in [-0.2, 0) is 17.8 Å². The maximum atomic E-state index is 11.6. The number of phenols is 1. The second kappa shape index (κ2) is 8.34. The zero-order valence-electron chi connectivity index (χ0n) is 14.6. The Balaban J connectivity index is 1.58. The number of rotatable bonds is 8. The molecule has 0 aliphatic rings. The van der Waals surface area contributed by atoms with Crippen LogP contribution in [0.15, 0.2) is 41.2 Å². The van der Waals surface area contributed by atoms with Gasteiger partial charge in [0.2, 0.25) is 5.91 Å². The SMILES string of the molecule is NC(=O)CCc1ccc(CNC[C@@H](O)c2ccc(O)c3[nH]c(=O)sc23)cc1. The van der Waals surface area contributed by atoms with Gasteiger partial charge in [0, 0.05) is 25.1 Å². The van der Waals surface area contributed by atoms with Crippen molar-refractivity contribution in [3.05, 3.63) is 62.8 Å². The lowest BCUT2D eigenvalue weighted by atomic mass is 10.1. The average Bonchev–Trinajstić information content (AvgIpc) is 3.03. The summed E-state index contributed by atoms with van der Waals surface area (Å²) >= 11 is 0.968. The summed E-state index contributed by atoms with van der Waals surface area (Å²) in [6.45, 7) is 0.868. The molecule has 0 unspecified atom stereocenters. The van der Waals surface area contributed by atoms with E-state index in [9.17, 15) is 19.8 Å². The first-order valence-corrected chi connectivity index (χ1v) is 9.35. The van der Waals surface area contributed by atoms with Crippen molar-refractivity contribution in [2.24, 2.45) is 5.73 Å². The predicted octanol–water partition coefficient (Wildman–Crippen LogP) is 1.54. The van der Waals surface area contributed by atoms with Crippen molar-refractivity contribution in [3.63, 3.8) is 0 Å². The Kier molecular flexibility index (Phi) is 5.90. The first-order valence-electron chi connectivity index (χ1n) is 8.53. The molecule has 0 radical (unpaired) electrons. The van der Waals surface area contributed by atoms with Crippen LogP contribution < -0.4 is 15.9 Å². The van der Waals surface area contributed by atoms with Crippen molar-refractivity contribution in [1.82, 2.24) is 10.3 Å². The fourth-order valence-corrected chi connectivity index (χ4v) is 3.77. The topological polar surface area (TPSA) is 128 Å². The van der Waals surface area contributed by atoms with Crippen molar-refractivity contribution >= 4 is 27.5 Å². The second-order valence-electron chi connectivity index (χ2n) is 6.32. The minimum atomic E-state index is -0.811. The largest absolute Gasteiger partial charge is 0.506 e. The number of nitrogens with one attached hydrogen (secondary N) is 2. The third-order valence-electron chi connectivity index (χ3n) is 4.30. The predicted molar refractivity (Wildman–Crippen MR) is 105 cm³/mol. The second-order valence-corrected chi connectivity index (χ2v) is 7.31. The molecule has 0 fully saturated rings. The van der Waals surface area contributed by atoms with Crippen LogP contribution in [0.2, 0.25) is 0 Å². The van der Waals surface area contributed by atoms with Gasteiger partial charge in [-0.3, -0.25) is 9.59 Å². The third-order valence-corrected chi connectivity index (χ3v) is 5.23. The number of aromatic amines is 1. The number of carbonyl (C=O) groups excluding carboxylic acids is 1. The molecule has 0 saturated carbocycles. The molecule has 2 aromatic carbocycles. The van der Waals surface area contributed by atoms with E-state index < -0.39 is 6.10 Å². The van der Waals surface area contributed by atoms with E-state index in [-0.39, 0.29) is 16.5 Å². The fourth-order valence-electron chi connectivity index (χ4n) is 2.86. The Bertz CT molecular complexity index is 994. The average molecular weight is 387 g/mol. The Morgan fingerprint density at radius 2 is 1.89 bits per heavy atom. The van der Waals surface area contributed by atoms with Crippen LogP contribution in [0.3, 0.4) is 0 Å². The van der Waals surface area contributed by atoms with Gasteiger partial charge < -0.3 is 26.2 Å². The number of nitrogens with two attached hydrogens (primary N) is 1. The van der Waals surface area contributed by atoms with Gasteiger partial charge in [-0.25, -0.2) is 0 Å². The molecule has 1 amide bonds. The number of hydrogen-bond acceptors (Lipinski definition) is 6. The monoisotopic (exact) mass is 387 g/mol. The van der Waals surface area contributed by atoms with Gasteiger partial charge in [-0.1, -0.05) is 41.7 Å². The molecule has 27 heavy (non-hydrogen) atoms. The van der Waals surface area contributed by atoms with Gasteiger partial charge >= 0.3 is 4.87 Å². The maximum absolute atomic E-state index is 11.6. The summed E-state index contributed by atoms with van der Waals surface area (Å²) < 4.78 is 0.563. The van der Waals surface area contributed by atoms with Gasteiger partial charge in [-0.2, -0.15) is 0 Å². The normalized spacial score (nSPS) is 12.3. The van der Waals surface area contributed by atoms with Gasteiger partial charge in [0.15, 0.2) is 0 Å². The summed E-state index contributed by atoms with van der Waals surface area (Å²) in [6.07, 6.45) is 0.142. The molecule has 6 N–H and O–H groups in total. The first kappa shape index (κ1) is 19.1. The van der Waals surface area contributed by atoms with Crippen molar-refractivity contribution in [1.29, 1.82) is 0 Å².